The van der Waals surface area contributed by atoms with Gasteiger partial charge in [0.25, 0.3) is 5.91 Å². The molecule has 0 saturated carbocycles. The Morgan fingerprint density at radius 2 is 2.21 bits per heavy atom. The van der Waals surface area contributed by atoms with E-state index < -0.39 is 6.61 Å². The van der Waals surface area contributed by atoms with Gasteiger partial charge >= 0.3 is 6.61 Å². The molecule has 0 aliphatic carbocycles. The third kappa shape index (κ3) is 5.21. The molecule has 19 heavy (non-hydrogen) atoms. The summed E-state index contributed by atoms with van der Waals surface area (Å²) in [4.78, 5) is 11.9. The number of alkyl halides is 2. The number of hydrogen-bond acceptors (Lipinski definition) is 3. The molecule has 0 radical (unpaired) electrons. The highest BCUT2D eigenvalue weighted by Gasteiger charge is 2.13. The van der Waals surface area contributed by atoms with Gasteiger partial charge in [0.2, 0.25) is 0 Å². The second-order valence-corrected chi connectivity index (χ2v) is 4.06. The Bertz CT molecular complexity index is 413. The minimum absolute atomic E-state index is 0.0165. The predicted octanol–water partition coefficient (Wildman–Crippen LogP) is 2.15. The topological polar surface area (TPSA) is 64.3 Å². The minimum Gasteiger partial charge on any atom is -0.435 e. The van der Waals surface area contributed by atoms with Crippen LogP contribution in [-0.4, -0.2) is 25.1 Å². The third-order valence-electron chi connectivity index (χ3n) is 2.66. The Balaban J connectivity index is 2.70. The number of rotatable bonds is 7. The number of amides is 1. The van der Waals surface area contributed by atoms with Crippen LogP contribution in [0.5, 0.6) is 5.75 Å². The molecule has 1 rings (SSSR count). The van der Waals surface area contributed by atoms with Gasteiger partial charge in [-0.15, -0.1) is 0 Å². The molecule has 106 valence electrons. The highest BCUT2D eigenvalue weighted by molar-refractivity contribution is 5.94. The Morgan fingerprint density at radius 3 is 2.79 bits per heavy atom. The molecule has 0 aromatic heterocycles. The molecule has 1 unspecified atom stereocenters. The molecule has 0 aliphatic heterocycles. The molecule has 0 fully saturated rings. The summed E-state index contributed by atoms with van der Waals surface area (Å²) in [6, 6.07) is 5.69. The van der Waals surface area contributed by atoms with Gasteiger partial charge < -0.3 is 15.8 Å². The summed E-state index contributed by atoms with van der Waals surface area (Å²) in [5.41, 5.74) is 5.73. The Morgan fingerprint density at radius 1 is 1.47 bits per heavy atom. The fourth-order valence-electron chi connectivity index (χ4n) is 1.66. The maximum Gasteiger partial charge on any atom is 0.387 e. The van der Waals surface area contributed by atoms with E-state index in [-0.39, 0.29) is 23.3 Å². The third-order valence-corrected chi connectivity index (χ3v) is 2.66. The first-order valence-corrected chi connectivity index (χ1v) is 6.12. The first-order chi connectivity index (χ1) is 9.06. The SMILES string of the molecule is CCC(CCN)NC(=O)c1cccc(OC(F)F)c1. The van der Waals surface area contributed by atoms with Gasteiger partial charge in [-0.05, 0) is 37.6 Å². The average Bonchev–Trinajstić information content (AvgIpc) is 2.37. The Kier molecular flexibility index (Phi) is 6.21. The molecular weight excluding hydrogens is 254 g/mol. The number of halogens is 2. The van der Waals surface area contributed by atoms with Crippen molar-refractivity contribution < 1.29 is 18.3 Å². The lowest BCUT2D eigenvalue weighted by molar-refractivity contribution is -0.0498. The first kappa shape index (κ1) is 15.4. The Labute approximate surface area is 110 Å². The normalized spacial score (nSPS) is 12.3. The van der Waals surface area contributed by atoms with Crippen LogP contribution in [0.1, 0.15) is 30.1 Å². The molecule has 1 aromatic rings. The van der Waals surface area contributed by atoms with E-state index in [1.54, 1.807) is 6.07 Å². The highest BCUT2D eigenvalue weighted by atomic mass is 19.3. The predicted molar refractivity (Wildman–Crippen MR) is 68.3 cm³/mol. The van der Waals surface area contributed by atoms with E-state index in [0.29, 0.717) is 13.0 Å². The largest absolute Gasteiger partial charge is 0.435 e. The molecule has 0 saturated heterocycles. The molecule has 0 spiro atoms. The summed E-state index contributed by atoms with van der Waals surface area (Å²) in [6.07, 6.45) is 1.44. The van der Waals surface area contributed by atoms with E-state index >= 15 is 0 Å². The van der Waals surface area contributed by atoms with Crippen molar-refractivity contribution in [2.75, 3.05) is 6.54 Å². The monoisotopic (exact) mass is 272 g/mol. The summed E-state index contributed by atoms with van der Waals surface area (Å²) >= 11 is 0. The standard InChI is InChI=1S/C13H18F2N2O2/c1-2-10(6-7-16)17-12(18)9-4-3-5-11(8-9)19-13(14)15/h3-5,8,10,13H,2,6-7,16H2,1H3,(H,17,18). The smallest absolute Gasteiger partial charge is 0.387 e. The van der Waals surface area contributed by atoms with Crippen molar-refractivity contribution in [2.45, 2.75) is 32.4 Å². The van der Waals surface area contributed by atoms with E-state index in [4.69, 9.17) is 5.73 Å². The van der Waals surface area contributed by atoms with Crippen LogP contribution in [0.4, 0.5) is 8.78 Å². The van der Waals surface area contributed by atoms with Crippen molar-refractivity contribution >= 4 is 5.91 Å². The maximum atomic E-state index is 12.1. The van der Waals surface area contributed by atoms with Gasteiger partial charge in [-0.25, -0.2) is 0 Å². The summed E-state index contributed by atoms with van der Waals surface area (Å²) < 4.78 is 28.4. The molecule has 1 amide bonds. The minimum atomic E-state index is -2.90. The number of hydrogen-bond donors (Lipinski definition) is 2. The number of benzene rings is 1. The molecule has 0 heterocycles. The molecule has 0 aliphatic rings. The van der Waals surface area contributed by atoms with Gasteiger partial charge in [-0.3, -0.25) is 4.79 Å². The second kappa shape index (κ2) is 7.68. The van der Waals surface area contributed by atoms with Crippen LogP contribution in [-0.2, 0) is 0 Å². The van der Waals surface area contributed by atoms with Crippen molar-refractivity contribution in [3.63, 3.8) is 0 Å². The van der Waals surface area contributed by atoms with Crippen LogP contribution in [0, 0.1) is 0 Å². The van der Waals surface area contributed by atoms with Crippen LogP contribution in [0.15, 0.2) is 24.3 Å². The van der Waals surface area contributed by atoms with Gasteiger partial charge in [0.05, 0.1) is 0 Å². The van der Waals surface area contributed by atoms with Crippen LogP contribution < -0.4 is 15.8 Å². The van der Waals surface area contributed by atoms with Gasteiger partial charge in [0, 0.05) is 11.6 Å². The van der Waals surface area contributed by atoms with E-state index in [1.807, 2.05) is 6.92 Å². The number of carbonyl (C=O) groups is 1. The Hall–Kier alpha value is -1.69. The van der Waals surface area contributed by atoms with Crippen LogP contribution in [0.25, 0.3) is 0 Å². The van der Waals surface area contributed by atoms with Gasteiger partial charge in [0.1, 0.15) is 5.75 Å². The van der Waals surface area contributed by atoms with Crippen molar-refractivity contribution in [2.24, 2.45) is 5.73 Å². The van der Waals surface area contributed by atoms with Crippen LogP contribution in [0.3, 0.4) is 0 Å². The molecule has 1 aromatic carbocycles. The maximum absolute atomic E-state index is 12.1. The van der Waals surface area contributed by atoms with E-state index in [2.05, 4.69) is 10.1 Å². The highest BCUT2D eigenvalue weighted by Crippen LogP contribution is 2.16. The summed E-state index contributed by atoms with van der Waals surface area (Å²) in [7, 11) is 0. The molecule has 1 atom stereocenters. The van der Waals surface area contributed by atoms with E-state index in [0.717, 1.165) is 6.42 Å². The van der Waals surface area contributed by atoms with Crippen molar-refractivity contribution in [1.82, 2.24) is 5.32 Å². The molecule has 3 N–H and O–H groups in total. The van der Waals surface area contributed by atoms with Gasteiger partial charge in [0.15, 0.2) is 0 Å². The van der Waals surface area contributed by atoms with E-state index in [9.17, 15) is 13.6 Å². The quantitative estimate of drug-likeness (QED) is 0.799. The zero-order valence-corrected chi connectivity index (χ0v) is 10.7. The summed E-state index contributed by atoms with van der Waals surface area (Å²) in [5.74, 6) is -0.352. The lowest BCUT2D eigenvalue weighted by atomic mass is 10.1. The van der Waals surface area contributed by atoms with Crippen LogP contribution >= 0.6 is 0 Å². The fourth-order valence-corrected chi connectivity index (χ4v) is 1.66. The molecule has 4 nitrogen and oxygen atoms in total. The van der Waals surface area contributed by atoms with Crippen LogP contribution in [0.2, 0.25) is 0 Å². The summed E-state index contributed by atoms with van der Waals surface area (Å²) in [5, 5.41) is 2.80. The molecule has 0 bridgehead atoms. The first-order valence-electron chi connectivity index (χ1n) is 6.12. The van der Waals surface area contributed by atoms with Gasteiger partial charge in [-0.2, -0.15) is 8.78 Å². The van der Waals surface area contributed by atoms with Crippen molar-refractivity contribution in [3.05, 3.63) is 29.8 Å². The number of nitrogens with two attached hydrogens (primary N) is 1. The lowest BCUT2D eigenvalue weighted by Crippen LogP contribution is -2.35. The molecular formula is C13H18F2N2O2. The lowest BCUT2D eigenvalue weighted by Gasteiger charge is -2.16. The molecule has 6 heteroatoms. The van der Waals surface area contributed by atoms with Crippen molar-refractivity contribution in [3.8, 4) is 5.75 Å². The van der Waals surface area contributed by atoms with Crippen molar-refractivity contribution in [1.29, 1.82) is 0 Å². The zero-order chi connectivity index (χ0) is 14.3. The number of ether oxygens (including phenoxy) is 1. The fraction of sp³-hybridized carbons (Fsp3) is 0.462. The number of carbonyl (C=O) groups excluding carboxylic acids is 1. The number of nitrogens with one attached hydrogen (secondary N) is 1. The average molecular weight is 272 g/mol. The van der Waals surface area contributed by atoms with Gasteiger partial charge in [-0.1, -0.05) is 13.0 Å². The zero-order valence-electron chi connectivity index (χ0n) is 10.7. The summed E-state index contributed by atoms with van der Waals surface area (Å²) in [6.45, 7) is -0.483. The second-order valence-electron chi connectivity index (χ2n) is 4.06. The van der Waals surface area contributed by atoms with E-state index in [1.165, 1.54) is 18.2 Å².